The number of anilines is 2. The summed E-state index contributed by atoms with van der Waals surface area (Å²) in [5.74, 6) is 0.125. The SMILES string of the molecule is CCCCn1c(N)c(N(C)C(=S)NCc2cccs2)c(=O)[nH]c1=O. The van der Waals surface area contributed by atoms with Crippen molar-refractivity contribution in [3.63, 3.8) is 0 Å². The normalized spacial score (nSPS) is 10.6. The van der Waals surface area contributed by atoms with Gasteiger partial charge in [0.05, 0.1) is 6.54 Å². The Morgan fingerprint density at radius 2 is 2.25 bits per heavy atom. The zero-order valence-electron chi connectivity index (χ0n) is 13.7. The number of hydrogen-bond donors (Lipinski definition) is 3. The van der Waals surface area contributed by atoms with Crippen LogP contribution in [0, 0.1) is 0 Å². The molecule has 24 heavy (non-hydrogen) atoms. The fourth-order valence-electron chi connectivity index (χ4n) is 2.24. The Bertz CT molecular complexity index is 810. The minimum Gasteiger partial charge on any atom is -0.383 e. The van der Waals surface area contributed by atoms with Gasteiger partial charge in [0, 0.05) is 18.5 Å². The van der Waals surface area contributed by atoms with Crippen LogP contribution in [0.25, 0.3) is 0 Å². The fourth-order valence-corrected chi connectivity index (χ4v) is 3.04. The number of nitrogens with two attached hydrogens (primary N) is 1. The number of aromatic amines is 1. The topological polar surface area (TPSA) is 96.2 Å². The van der Waals surface area contributed by atoms with E-state index in [0.717, 1.165) is 17.7 Å². The number of rotatable bonds is 6. The Kier molecular flexibility index (Phi) is 6.16. The zero-order valence-corrected chi connectivity index (χ0v) is 15.3. The summed E-state index contributed by atoms with van der Waals surface area (Å²) in [7, 11) is 1.65. The van der Waals surface area contributed by atoms with Crippen LogP contribution >= 0.6 is 23.6 Å². The van der Waals surface area contributed by atoms with Crippen LogP contribution in [0.5, 0.6) is 0 Å². The van der Waals surface area contributed by atoms with Crippen molar-refractivity contribution >= 4 is 40.2 Å². The van der Waals surface area contributed by atoms with Gasteiger partial charge in [-0.15, -0.1) is 11.3 Å². The van der Waals surface area contributed by atoms with Gasteiger partial charge in [0.15, 0.2) is 5.11 Å². The molecule has 0 aliphatic heterocycles. The molecule has 0 atom stereocenters. The number of nitrogens with zero attached hydrogens (tertiary/aromatic N) is 2. The largest absolute Gasteiger partial charge is 0.383 e. The Balaban J connectivity index is 2.24. The Morgan fingerprint density at radius 1 is 1.50 bits per heavy atom. The molecule has 0 unspecified atom stereocenters. The summed E-state index contributed by atoms with van der Waals surface area (Å²) >= 11 is 6.95. The molecule has 130 valence electrons. The van der Waals surface area contributed by atoms with Crippen LogP contribution in [0.15, 0.2) is 27.1 Å². The predicted octanol–water partition coefficient (Wildman–Crippen LogP) is 1.49. The standard InChI is InChI=1S/C15H21N5O2S2/c1-3-4-7-20-12(16)11(13(21)18-14(20)22)19(2)15(23)17-9-10-6-5-8-24-10/h5-6,8H,3-4,7,9,16H2,1-2H3,(H,17,23)(H,18,21,22). The number of hydrogen-bond acceptors (Lipinski definition) is 5. The van der Waals surface area contributed by atoms with Crippen molar-refractivity contribution in [2.45, 2.75) is 32.9 Å². The first-order valence-corrected chi connectivity index (χ1v) is 8.91. The molecule has 0 aromatic carbocycles. The predicted molar refractivity (Wildman–Crippen MR) is 103 cm³/mol. The lowest BCUT2D eigenvalue weighted by atomic mass is 10.3. The van der Waals surface area contributed by atoms with Gasteiger partial charge in [0.25, 0.3) is 5.56 Å². The molecule has 0 saturated heterocycles. The van der Waals surface area contributed by atoms with Crippen LogP contribution in [0.1, 0.15) is 24.6 Å². The quantitative estimate of drug-likeness (QED) is 0.670. The van der Waals surface area contributed by atoms with Crippen LogP contribution in [0.4, 0.5) is 11.5 Å². The molecule has 7 nitrogen and oxygen atoms in total. The molecule has 0 saturated carbocycles. The van der Waals surface area contributed by atoms with Gasteiger partial charge in [0.2, 0.25) is 0 Å². The molecule has 0 aliphatic carbocycles. The van der Waals surface area contributed by atoms with E-state index in [1.807, 2.05) is 24.4 Å². The minimum atomic E-state index is -0.548. The van der Waals surface area contributed by atoms with E-state index in [-0.39, 0.29) is 11.5 Å². The third kappa shape index (κ3) is 4.04. The maximum absolute atomic E-state index is 12.2. The van der Waals surface area contributed by atoms with E-state index in [0.29, 0.717) is 18.2 Å². The highest BCUT2D eigenvalue weighted by molar-refractivity contribution is 7.80. The molecule has 4 N–H and O–H groups in total. The first kappa shape index (κ1) is 18.2. The molecule has 0 amide bonds. The van der Waals surface area contributed by atoms with Crippen molar-refractivity contribution in [1.29, 1.82) is 0 Å². The lowest BCUT2D eigenvalue weighted by Crippen LogP contribution is -2.43. The van der Waals surface area contributed by atoms with E-state index >= 15 is 0 Å². The van der Waals surface area contributed by atoms with E-state index < -0.39 is 11.2 Å². The fraction of sp³-hybridized carbons (Fsp3) is 0.400. The first-order chi connectivity index (χ1) is 11.5. The van der Waals surface area contributed by atoms with Crippen LogP contribution < -0.4 is 27.2 Å². The highest BCUT2D eigenvalue weighted by Crippen LogP contribution is 2.16. The van der Waals surface area contributed by atoms with Crippen molar-refractivity contribution in [1.82, 2.24) is 14.9 Å². The summed E-state index contributed by atoms with van der Waals surface area (Å²) < 4.78 is 1.37. The van der Waals surface area contributed by atoms with Gasteiger partial charge >= 0.3 is 5.69 Å². The molecule has 0 aliphatic rings. The third-order valence-electron chi connectivity index (χ3n) is 3.58. The van der Waals surface area contributed by atoms with Crippen molar-refractivity contribution in [3.05, 3.63) is 43.2 Å². The summed E-state index contributed by atoms with van der Waals surface area (Å²) in [6.45, 7) is 3.03. The average molecular weight is 368 g/mol. The maximum atomic E-state index is 12.2. The number of nitrogen functional groups attached to an aromatic ring is 1. The van der Waals surface area contributed by atoms with Crippen LogP contribution in [0.3, 0.4) is 0 Å². The number of thiocarbonyl (C=S) groups is 1. The second-order valence-electron chi connectivity index (χ2n) is 5.30. The van der Waals surface area contributed by atoms with Crippen molar-refractivity contribution in [2.75, 3.05) is 17.7 Å². The lowest BCUT2D eigenvalue weighted by Gasteiger charge is -2.23. The van der Waals surface area contributed by atoms with E-state index in [2.05, 4.69) is 10.3 Å². The number of thiophene rings is 1. The van der Waals surface area contributed by atoms with Crippen molar-refractivity contribution in [3.8, 4) is 0 Å². The van der Waals surface area contributed by atoms with Gasteiger partial charge in [-0.3, -0.25) is 14.3 Å². The van der Waals surface area contributed by atoms with Gasteiger partial charge in [-0.05, 0) is 30.1 Å². The summed E-state index contributed by atoms with van der Waals surface area (Å²) in [6.07, 6.45) is 1.71. The van der Waals surface area contributed by atoms with E-state index in [9.17, 15) is 9.59 Å². The average Bonchev–Trinajstić information content (AvgIpc) is 3.05. The summed E-state index contributed by atoms with van der Waals surface area (Å²) in [5, 5.41) is 5.43. The smallest absolute Gasteiger partial charge is 0.330 e. The van der Waals surface area contributed by atoms with Gasteiger partial charge in [-0.1, -0.05) is 19.4 Å². The molecule has 2 aromatic heterocycles. The molecule has 9 heteroatoms. The Morgan fingerprint density at radius 3 is 2.88 bits per heavy atom. The number of unbranched alkanes of at least 4 members (excludes halogenated alkanes) is 1. The molecule has 0 fully saturated rings. The Hall–Kier alpha value is -2.13. The summed E-state index contributed by atoms with van der Waals surface area (Å²) in [5.41, 5.74) is 5.20. The molecule has 2 aromatic rings. The van der Waals surface area contributed by atoms with Crippen molar-refractivity contribution < 1.29 is 0 Å². The minimum absolute atomic E-state index is 0.125. The molecule has 0 bridgehead atoms. The zero-order chi connectivity index (χ0) is 17.7. The van der Waals surface area contributed by atoms with E-state index in [1.165, 1.54) is 9.47 Å². The highest BCUT2D eigenvalue weighted by atomic mass is 32.1. The van der Waals surface area contributed by atoms with Gasteiger partial charge in [-0.25, -0.2) is 4.79 Å². The third-order valence-corrected chi connectivity index (χ3v) is 4.88. The first-order valence-electron chi connectivity index (χ1n) is 7.62. The highest BCUT2D eigenvalue weighted by Gasteiger charge is 2.18. The molecule has 2 heterocycles. The number of H-pyrrole nitrogens is 1. The van der Waals surface area contributed by atoms with Gasteiger partial charge in [-0.2, -0.15) is 0 Å². The molecule has 2 rings (SSSR count). The van der Waals surface area contributed by atoms with Crippen LogP contribution in [-0.4, -0.2) is 21.7 Å². The molecular formula is C15H21N5O2S2. The summed E-state index contributed by atoms with van der Waals surface area (Å²) in [4.78, 5) is 29.1. The van der Waals surface area contributed by atoms with E-state index in [4.69, 9.17) is 18.0 Å². The number of aromatic nitrogens is 2. The summed E-state index contributed by atoms with van der Waals surface area (Å²) in [6, 6.07) is 3.95. The number of nitrogens with one attached hydrogen (secondary N) is 2. The molecular weight excluding hydrogens is 346 g/mol. The van der Waals surface area contributed by atoms with Crippen LogP contribution in [-0.2, 0) is 13.1 Å². The Labute approximate surface area is 149 Å². The molecule has 0 spiro atoms. The lowest BCUT2D eigenvalue weighted by molar-refractivity contribution is 0.605. The monoisotopic (exact) mass is 367 g/mol. The maximum Gasteiger partial charge on any atom is 0.330 e. The second kappa shape index (κ2) is 8.11. The second-order valence-corrected chi connectivity index (χ2v) is 6.71. The van der Waals surface area contributed by atoms with Crippen LogP contribution in [0.2, 0.25) is 0 Å². The van der Waals surface area contributed by atoms with Crippen molar-refractivity contribution in [2.24, 2.45) is 0 Å². The molecule has 0 radical (unpaired) electrons. The van der Waals surface area contributed by atoms with Gasteiger partial charge in [0.1, 0.15) is 11.5 Å². The van der Waals surface area contributed by atoms with E-state index in [1.54, 1.807) is 18.4 Å². The van der Waals surface area contributed by atoms with Gasteiger partial charge < -0.3 is 16.0 Å².